The molecule has 0 unspecified atom stereocenters. The molecule has 1 aromatic heterocycles. The summed E-state index contributed by atoms with van der Waals surface area (Å²) in [6.07, 6.45) is -1.74. The van der Waals surface area contributed by atoms with Crippen LogP contribution in [-0.4, -0.2) is 30.9 Å². The molecule has 0 aromatic carbocycles. The second-order valence-corrected chi connectivity index (χ2v) is 5.02. The number of carbonyl (C=O) groups is 1. The second-order valence-electron chi connectivity index (χ2n) is 2.53. The summed E-state index contributed by atoms with van der Waals surface area (Å²) in [5, 5.41) is 2.63. The molecule has 15 heavy (non-hydrogen) atoms. The Bertz CT molecular complexity index is 471. The van der Waals surface area contributed by atoms with Gasteiger partial charge < -0.3 is 0 Å². The Labute approximate surface area is 88.1 Å². The summed E-state index contributed by atoms with van der Waals surface area (Å²) in [6.45, 7) is -0.935. The molecule has 1 rings (SSSR count). The van der Waals surface area contributed by atoms with Crippen molar-refractivity contribution in [1.29, 1.82) is 0 Å². The molecule has 0 N–H and O–H groups in total. The molecule has 0 aliphatic heterocycles. The summed E-state index contributed by atoms with van der Waals surface area (Å²) in [6, 6.07) is 0. The maximum Gasteiger partial charge on any atom is 0.279 e. The van der Waals surface area contributed by atoms with E-state index in [-0.39, 0.29) is 11.8 Å². The van der Waals surface area contributed by atoms with Gasteiger partial charge in [-0.25, -0.2) is 21.9 Å². The highest BCUT2D eigenvalue weighted by Gasteiger charge is 2.23. The Balaban J connectivity index is 3.30. The van der Waals surface area contributed by atoms with E-state index in [9.17, 15) is 22.0 Å². The maximum absolute atomic E-state index is 12.0. The van der Waals surface area contributed by atoms with Crippen LogP contribution in [-0.2, 0) is 15.6 Å². The predicted octanol–water partition coefficient (Wildman–Crippen LogP) is 0.888. The Morgan fingerprint density at radius 2 is 2.20 bits per heavy atom. The lowest BCUT2D eigenvalue weighted by atomic mass is 10.4. The van der Waals surface area contributed by atoms with Crippen molar-refractivity contribution >= 4 is 26.0 Å². The highest BCUT2D eigenvalue weighted by Crippen LogP contribution is 2.19. The first-order chi connectivity index (χ1) is 6.86. The zero-order valence-corrected chi connectivity index (χ0v) is 8.67. The van der Waals surface area contributed by atoms with E-state index in [2.05, 4.69) is 5.10 Å². The standard InChI is InChI=1S/C6H5ClF2N2O3S/c7-15(13,14)6-4(3-12)1-10-11(6)2-5(8)9/h1,3,5H,2H2. The predicted molar refractivity (Wildman–Crippen MR) is 46.7 cm³/mol. The van der Waals surface area contributed by atoms with Gasteiger partial charge in [-0.2, -0.15) is 5.10 Å². The zero-order valence-electron chi connectivity index (χ0n) is 7.10. The lowest BCUT2D eigenvalue weighted by molar-refractivity contribution is 0.110. The second kappa shape index (κ2) is 4.23. The largest absolute Gasteiger partial charge is 0.298 e. The van der Waals surface area contributed by atoms with Gasteiger partial charge in [0, 0.05) is 10.7 Å². The third-order valence-electron chi connectivity index (χ3n) is 1.49. The number of alkyl halides is 2. The summed E-state index contributed by atoms with van der Waals surface area (Å²) >= 11 is 0. The molecule has 0 radical (unpaired) electrons. The molecule has 0 fully saturated rings. The molecule has 0 spiro atoms. The minimum atomic E-state index is -4.27. The summed E-state index contributed by atoms with van der Waals surface area (Å²) in [7, 11) is 0.710. The minimum absolute atomic E-state index is 0.185. The Morgan fingerprint density at radius 1 is 1.60 bits per heavy atom. The molecule has 5 nitrogen and oxygen atoms in total. The minimum Gasteiger partial charge on any atom is -0.298 e. The number of hydrogen-bond donors (Lipinski definition) is 0. The van der Waals surface area contributed by atoms with Gasteiger partial charge in [0.05, 0.1) is 11.8 Å². The van der Waals surface area contributed by atoms with Gasteiger partial charge in [-0.1, -0.05) is 0 Å². The monoisotopic (exact) mass is 258 g/mol. The number of hydrogen-bond acceptors (Lipinski definition) is 4. The van der Waals surface area contributed by atoms with Gasteiger partial charge in [0.25, 0.3) is 15.5 Å². The van der Waals surface area contributed by atoms with Crippen LogP contribution in [0.25, 0.3) is 0 Å². The van der Waals surface area contributed by atoms with E-state index in [1.165, 1.54) is 0 Å². The van der Waals surface area contributed by atoms with E-state index >= 15 is 0 Å². The average molecular weight is 259 g/mol. The van der Waals surface area contributed by atoms with Crippen LogP contribution in [0, 0.1) is 0 Å². The fourth-order valence-electron chi connectivity index (χ4n) is 0.997. The third kappa shape index (κ3) is 2.72. The van der Waals surface area contributed by atoms with Gasteiger partial charge in [0.1, 0.15) is 6.54 Å². The summed E-state index contributed by atoms with van der Waals surface area (Å²) in [5.74, 6) is 0. The smallest absolute Gasteiger partial charge is 0.279 e. The topological polar surface area (TPSA) is 69.0 Å². The first kappa shape index (κ1) is 12.1. The van der Waals surface area contributed by atoms with Crippen LogP contribution >= 0.6 is 10.7 Å². The van der Waals surface area contributed by atoms with Crippen molar-refractivity contribution in [3.63, 3.8) is 0 Å². The van der Waals surface area contributed by atoms with Crippen molar-refractivity contribution in [3.8, 4) is 0 Å². The molecule has 0 bridgehead atoms. The molecular formula is C6H5ClF2N2O3S. The van der Waals surface area contributed by atoms with E-state index < -0.39 is 27.0 Å². The van der Waals surface area contributed by atoms with Crippen molar-refractivity contribution in [3.05, 3.63) is 11.8 Å². The fraction of sp³-hybridized carbons (Fsp3) is 0.333. The van der Waals surface area contributed by atoms with Gasteiger partial charge in [-0.15, -0.1) is 0 Å². The number of nitrogens with zero attached hydrogens (tertiary/aromatic N) is 2. The quantitative estimate of drug-likeness (QED) is 0.594. The number of halogens is 3. The van der Waals surface area contributed by atoms with E-state index in [1.54, 1.807) is 0 Å². The molecule has 1 heterocycles. The highest BCUT2D eigenvalue weighted by atomic mass is 35.7. The Kier molecular flexibility index (Phi) is 3.40. The zero-order chi connectivity index (χ0) is 11.6. The van der Waals surface area contributed by atoms with Gasteiger partial charge in [-0.05, 0) is 0 Å². The molecule has 9 heteroatoms. The van der Waals surface area contributed by atoms with Gasteiger partial charge in [0.15, 0.2) is 11.3 Å². The number of aldehydes is 1. The van der Waals surface area contributed by atoms with Crippen LogP contribution in [0.2, 0.25) is 0 Å². The highest BCUT2D eigenvalue weighted by molar-refractivity contribution is 8.13. The van der Waals surface area contributed by atoms with E-state index in [0.717, 1.165) is 6.20 Å². The van der Waals surface area contributed by atoms with Crippen molar-refractivity contribution < 1.29 is 22.0 Å². The maximum atomic E-state index is 12.0. The van der Waals surface area contributed by atoms with Crippen LogP contribution in [0.4, 0.5) is 8.78 Å². The molecule has 0 atom stereocenters. The lowest BCUT2D eigenvalue weighted by Gasteiger charge is -2.03. The van der Waals surface area contributed by atoms with Gasteiger partial charge in [-0.3, -0.25) is 4.79 Å². The molecular weight excluding hydrogens is 254 g/mol. The van der Waals surface area contributed by atoms with Crippen molar-refractivity contribution in [2.75, 3.05) is 0 Å². The normalized spacial score (nSPS) is 12.0. The summed E-state index contributed by atoms with van der Waals surface area (Å²) < 4.78 is 46.5. The van der Waals surface area contributed by atoms with Gasteiger partial charge in [0.2, 0.25) is 0 Å². The van der Waals surface area contributed by atoms with Crippen LogP contribution in [0.15, 0.2) is 11.2 Å². The molecule has 0 saturated heterocycles. The van der Waals surface area contributed by atoms with E-state index in [4.69, 9.17) is 10.7 Å². The first-order valence-corrected chi connectivity index (χ1v) is 5.91. The van der Waals surface area contributed by atoms with Crippen LogP contribution in [0.5, 0.6) is 0 Å². The number of aromatic nitrogens is 2. The van der Waals surface area contributed by atoms with Crippen molar-refractivity contribution in [2.24, 2.45) is 0 Å². The van der Waals surface area contributed by atoms with E-state index in [1.807, 2.05) is 0 Å². The van der Waals surface area contributed by atoms with Crippen molar-refractivity contribution in [1.82, 2.24) is 9.78 Å². The summed E-state index contributed by atoms with van der Waals surface area (Å²) in [5.41, 5.74) is -0.342. The first-order valence-electron chi connectivity index (χ1n) is 3.60. The number of rotatable bonds is 4. The molecule has 84 valence electrons. The third-order valence-corrected chi connectivity index (χ3v) is 2.83. The number of carbonyl (C=O) groups excluding carboxylic acids is 1. The Hall–Kier alpha value is -1.02. The molecule has 0 saturated carbocycles. The fourth-order valence-corrected chi connectivity index (χ4v) is 2.26. The molecule has 1 aromatic rings. The van der Waals surface area contributed by atoms with Crippen molar-refractivity contribution in [2.45, 2.75) is 18.0 Å². The SMILES string of the molecule is O=Cc1cnn(CC(F)F)c1S(=O)(=O)Cl. The Morgan fingerprint density at radius 3 is 2.60 bits per heavy atom. The molecule has 0 aliphatic carbocycles. The van der Waals surface area contributed by atoms with E-state index in [0.29, 0.717) is 4.68 Å². The lowest BCUT2D eigenvalue weighted by Crippen LogP contribution is -2.13. The average Bonchev–Trinajstić information content (AvgIpc) is 2.45. The molecule has 0 aliphatic rings. The van der Waals surface area contributed by atoms with Crippen LogP contribution in [0.3, 0.4) is 0 Å². The van der Waals surface area contributed by atoms with Gasteiger partial charge >= 0.3 is 0 Å². The van der Waals surface area contributed by atoms with Crippen LogP contribution < -0.4 is 0 Å². The summed E-state index contributed by atoms with van der Waals surface area (Å²) in [4.78, 5) is 10.4. The van der Waals surface area contributed by atoms with Crippen LogP contribution in [0.1, 0.15) is 10.4 Å². The molecule has 0 amide bonds.